The van der Waals surface area contributed by atoms with Crippen LogP contribution in [0.1, 0.15) is 41.9 Å². The van der Waals surface area contributed by atoms with Crippen LogP contribution in [0.2, 0.25) is 5.02 Å². The molecule has 0 spiro atoms. The molecule has 0 unspecified atom stereocenters. The molecule has 1 N–H and O–H groups in total. The Bertz CT molecular complexity index is 928. The van der Waals surface area contributed by atoms with Gasteiger partial charge in [0.25, 0.3) is 0 Å². The van der Waals surface area contributed by atoms with Crippen LogP contribution in [0.5, 0.6) is 0 Å². The minimum absolute atomic E-state index is 0.00385. The van der Waals surface area contributed by atoms with Crippen molar-refractivity contribution in [1.82, 2.24) is 9.80 Å². The van der Waals surface area contributed by atoms with Crippen molar-refractivity contribution >= 4 is 29.4 Å². The molecule has 4 rings (SSSR count). The van der Waals surface area contributed by atoms with Crippen LogP contribution in [-0.2, 0) is 6.42 Å². The molecule has 2 aromatic carbocycles. The average Bonchev–Trinajstić information content (AvgIpc) is 2.74. The van der Waals surface area contributed by atoms with Gasteiger partial charge in [-0.05, 0) is 86.7 Å². The summed E-state index contributed by atoms with van der Waals surface area (Å²) in [6.45, 7) is 2.56. The number of benzene rings is 2. The Morgan fingerprint density at radius 1 is 1.10 bits per heavy atom. The number of anilines is 1. The number of hydrogen-bond donors (Lipinski definition) is 1. The lowest BCUT2D eigenvalue weighted by Crippen LogP contribution is -2.40. The fourth-order valence-corrected chi connectivity index (χ4v) is 4.64. The molecule has 2 amide bonds. The van der Waals surface area contributed by atoms with Crippen LogP contribution in [0.15, 0.2) is 48.0 Å². The SMILES string of the molecule is CN(C)CC1=Cc2ccc(NC(=O)N3CCC(c4ccc(Cl)cc4)CC3)cc2CC1. The fraction of sp³-hybridized carbons (Fsp3) is 0.400. The van der Waals surface area contributed by atoms with Gasteiger partial charge in [-0.2, -0.15) is 0 Å². The molecule has 4 nitrogen and oxygen atoms in total. The summed E-state index contributed by atoms with van der Waals surface area (Å²) in [6.07, 6.45) is 6.38. The summed E-state index contributed by atoms with van der Waals surface area (Å²) >= 11 is 6.00. The Labute approximate surface area is 184 Å². The summed E-state index contributed by atoms with van der Waals surface area (Å²) < 4.78 is 0. The molecule has 0 radical (unpaired) electrons. The number of hydrogen-bond acceptors (Lipinski definition) is 2. The van der Waals surface area contributed by atoms with Crippen LogP contribution in [0.4, 0.5) is 10.5 Å². The van der Waals surface area contributed by atoms with Gasteiger partial charge in [0, 0.05) is 30.3 Å². The van der Waals surface area contributed by atoms with E-state index in [1.54, 1.807) is 0 Å². The van der Waals surface area contributed by atoms with Gasteiger partial charge in [0.05, 0.1) is 0 Å². The quantitative estimate of drug-likeness (QED) is 0.690. The van der Waals surface area contributed by atoms with Crippen molar-refractivity contribution in [3.63, 3.8) is 0 Å². The Balaban J connectivity index is 1.34. The van der Waals surface area contributed by atoms with Gasteiger partial charge in [-0.3, -0.25) is 0 Å². The molecule has 0 aromatic heterocycles. The molecule has 2 aliphatic rings. The number of fused-ring (bicyclic) bond motifs is 1. The number of likely N-dealkylation sites (N-methyl/N-ethyl adjacent to an activating group) is 1. The highest BCUT2D eigenvalue weighted by molar-refractivity contribution is 6.30. The summed E-state index contributed by atoms with van der Waals surface area (Å²) in [5, 5.41) is 3.88. The fourth-order valence-electron chi connectivity index (χ4n) is 4.51. The minimum atomic E-state index is 0.00385. The highest BCUT2D eigenvalue weighted by Gasteiger charge is 2.24. The highest BCUT2D eigenvalue weighted by atomic mass is 35.5. The third kappa shape index (κ3) is 5.05. The Morgan fingerprint density at radius 3 is 2.53 bits per heavy atom. The van der Waals surface area contributed by atoms with E-state index in [0.29, 0.717) is 5.92 Å². The maximum atomic E-state index is 12.8. The van der Waals surface area contributed by atoms with Crippen LogP contribution < -0.4 is 5.32 Å². The molecule has 30 heavy (non-hydrogen) atoms. The van der Waals surface area contributed by atoms with E-state index < -0.39 is 0 Å². The summed E-state index contributed by atoms with van der Waals surface area (Å²) in [4.78, 5) is 16.9. The predicted molar refractivity (Wildman–Crippen MR) is 125 cm³/mol. The Kier molecular flexibility index (Phi) is 6.45. The molecule has 1 aliphatic heterocycles. The summed E-state index contributed by atoms with van der Waals surface area (Å²) in [7, 11) is 4.21. The van der Waals surface area contributed by atoms with E-state index in [1.807, 2.05) is 23.1 Å². The van der Waals surface area contributed by atoms with E-state index in [9.17, 15) is 4.79 Å². The number of likely N-dealkylation sites (tertiary alicyclic amines) is 1. The topological polar surface area (TPSA) is 35.6 Å². The number of aryl methyl sites for hydroxylation is 1. The summed E-state index contributed by atoms with van der Waals surface area (Å²) in [6, 6.07) is 14.4. The number of urea groups is 1. The largest absolute Gasteiger partial charge is 0.324 e. The molecule has 158 valence electrons. The molecule has 0 saturated carbocycles. The van der Waals surface area contributed by atoms with Crippen molar-refractivity contribution in [3.8, 4) is 0 Å². The van der Waals surface area contributed by atoms with Crippen molar-refractivity contribution in [3.05, 3.63) is 69.8 Å². The average molecular weight is 424 g/mol. The number of carbonyl (C=O) groups excluding carboxylic acids is 1. The zero-order valence-electron chi connectivity index (χ0n) is 17.8. The van der Waals surface area contributed by atoms with Crippen molar-refractivity contribution in [1.29, 1.82) is 0 Å². The van der Waals surface area contributed by atoms with Crippen molar-refractivity contribution in [2.24, 2.45) is 0 Å². The first-order chi connectivity index (χ1) is 14.5. The normalized spacial score (nSPS) is 16.9. The first kappa shape index (κ1) is 21.0. The van der Waals surface area contributed by atoms with E-state index >= 15 is 0 Å². The monoisotopic (exact) mass is 423 g/mol. The maximum Gasteiger partial charge on any atom is 0.321 e. The third-order valence-electron chi connectivity index (χ3n) is 6.11. The van der Waals surface area contributed by atoms with Gasteiger partial charge in [0.15, 0.2) is 0 Å². The molecule has 2 aromatic rings. The Morgan fingerprint density at radius 2 is 1.83 bits per heavy atom. The molecular formula is C25H30ClN3O. The summed E-state index contributed by atoms with van der Waals surface area (Å²) in [5.41, 5.74) is 6.27. The lowest BCUT2D eigenvalue weighted by molar-refractivity contribution is 0.194. The van der Waals surface area contributed by atoms with Gasteiger partial charge in [-0.25, -0.2) is 4.79 Å². The van der Waals surface area contributed by atoms with Crippen molar-refractivity contribution < 1.29 is 4.79 Å². The van der Waals surface area contributed by atoms with Crippen molar-refractivity contribution in [2.75, 3.05) is 39.0 Å². The zero-order chi connectivity index (χ0) is 21.1. The number of halogens is 1. The van der Waals surface area contributed by atoms with E-state index in [2.05, 4.69) is 54.7 Å². The number of carbonyl (C=O) groups is 1. The third-order valence-corrected chi connectivity index (χ3v) is 6.36. The molecule has 1 aliphatic carbocycles. The second-order valence-corrected chi connectivity index (χ2v) is 9.13. The van der Waals surface area contributed by atoms with Gasteiger partial charge in [-0.1, -0.05) is 41.4 Å². The van der Waals surface area contributed by atoms with Crippen LogP contribution in [-0.4, -0.2) is 49.6 Å². The molecule has 1 heterocycles. The second kappa shape index (κ2) is 9.23. The van der Waals surface area contributed by atoms with Crippen LogP contribution in [0, 0.1) is 0 Å². The first-order valence-electron chi connectivity index (χ1n) is 10.8. The number of nitrogens with one attached hydrogen (secondary N) is 1. The smallest absolute Gasteiger partial charge is 0.321 e. The predicted octanol–water partition coefficient (Wildman–Crippen LogP) is 5.64. The molecule has 5 heteroatoms. The summed E-state index contributed by atoms with van der Waals surface area (Å²) in [5.74, 6) is 0.498. The molecule has 0 atom stereocenters. The van der Waals surface area contributed by atoms with E-state index in [4.69, 9.17) is 11.6 Å². The highest BCUT2D eigenvalue weighted by Crippen LogP contribution is 2.30. The Hall–Kier alpha value is -2.30. The number of amides is 2. The molecule has 0 bridgehead atoms. The van der Waals surface area contributed by atoms with Crippen LogP contribution in [0.3, 0.4) is 0 Å². The first-order valence-corrected chi connectivity index (χ1v) is 11.1. The molecule has 1 fully saturated rings. The number of rotatable bonds is 4. The lowest BCUT2D eigenvalue weighted by Gasteiger charge is -2.32. The van der Waals surface area contributed by atoms with Gasteiger partial charge < -0.3 is 15.1 Å². The lowest BCUT2D eigenvalue weighted by atomic mass is 9.89. The van der Waals surface area contributed by atoms with E-state index in [0.717, 1.165) is 56.0 Å². The number of nitrogens with zero attached hydrogens (tertiary/aromatic N) is 2. The maximum absolute atomic E-state index is 12.8. The van der Waals surface area contributed by atoms with Gasteiger partial charge in [-0.15, -0.1) is 0 Å². The zero-order valence-corrected chi connectivity index (χ0v) is 18.6. The molecule has 1 saturated heterocycles. The second-order valence-electron chi connectivity index (χ2n) is 8.70. The van der Waals surface area contributed by atoms with Gasteiger partial charge >= 0.3 is 6.03 Å². The van der Waals surface area contributed by atoms with E-state index in [-0.39, 0.29) is 6.03 Å². The van der Waals surface area contributed by atoms with Gasteiger partial charge in [0.2, 0.25) is 0 Å². The van der Waals surface area contributed by atoms with Gasteiger partial charge in [0.1, 0.15) is 0 Å². The minimum Gasteiger partial charge on any atom is -0.324 e. The van der Waals surface area contributed by atoms with Crippen LogP contribution in [0.25, 0.3) is 6.08 Å². The molecular weight excluding hydrogens is 394 g/mol. The van der Waals surface area contributed by atoms with Crippen LogP contribution >= 0.6 is 11.6 Å². The number of piperidine rings is 1. The van der Waals surface area contributed by atoms with Crippen molar-refractivity contribution in [2.45, 2.75) is 31.6 Å². The van der Waals surface area contributed by atoms with E-state index in [1.165, 1.54) is 22.3 Å². The standard InChI is InChI=1S/C25H30ClN3O/c1-28(2)17-18-3-4-22-16-24(10-7-21(22)15-18)27-25(30)29-13-11-20(12-14-29)19-5-8-23(26)9-6-19/h5-10,15-16,20H,3-4,11-14,17H2,1-2H3,(H,27,30).